The fraction of sp³-hybridized carbons (Fsp3) is 0.600. The molecule has 0 aliphatic carbocycles. The molecule has 1 aromatic rings. The first-order chi connectivity index (χ1) is 9.48. The van der Waals surface area contributed by atoms with E-state index in [2.05, 4.69) is 30.4 Å². The van der Waals surface area contributed by atoms with Crippen LogP contribution in [-0.2, 0) is 0 Å². The maximum Gasteiger partial charge on any atom is 0.254 e. The number of carbonyl (C=O) groups excluding carboxylic acids is 1. The summed E-state index contributed by atoms with van der Waals surface area (Å²) in [5.41, 5.74) is 0.614. The highest BCUT2D eigenvalue weighted by Gasteiger charge is 2.24. The Balaban J connectivity index is 2.69. The van der Waals surface area contributed by atoms with Crippen LogP contribution in [0.5, 0.6) is 0 Å². The molecule has 0 bridgehead atoms. The van der Waals surface area contributed by atoms with Gasteiger partial charge in [0.25, 0.3) is 5.91 Å². The van der Waals surface area contributed by atoms with Gasteiger partial charge in [0.05, 0.1) is 5.56 Å². The average molecular weight is 295 g/mol. The van der Waals surface area contributed by atoms with E-state index < -0.39 is 0 Å². The van der Waals surface area contributed by atoms with E-state index in [0.29, 0.717) is 5.56 Å². The second-order valence-corrected chi connectivity index (χ2v) is 6.35. The largest absolute Gasteiger partial charge is 0.369 e. The fourth-order valence-electron chi connectivity index (χ4n) is 2.00. The van der Waals surface area contributed by atoms with Crippen LogP contribution < -0.4 is 5.32 Å². The molecule has 1 aromatic heterocycles. The van der Waals surface area contributed by atoms with Crippen molar-refractivity contribution in [1.29, 1.82) is 0 Å². The van der Waals surface area contributed by atoms with Gasteiger partial charge in [0.15, 0.2) is 0 Å². The van der Waals surface area contributed by atoms with Gasteiger partial charge in [-0.1, -0.05) is 13.8 Å². The summed E-state index contributed by atoms with van der Waals surface area (Å²) in [4.78, 5) is 17.6. The molecule has 0 atom stereocenters. The van der Waals surface area contributed by atoms with E-state index in [-0.39, 0.29) is 10.7 Å². The van der Waals surface area contributed by atoms with E-state index in [9.17, 15) is 4.79 Å². The first-order valence-electron chi connectivity index (χ1n) is 6.94. The molecule has 1 rings (SSSR count). The molecule has 0 saturated carbocycles. The zero-order chi connectivity index (χ0) is 15.2. The first kappa shape index (κ1) is 16.8. The van der Waals surface area contributed by atoms with Crippen molar-refractivity contribution in [1.82, 2.24) is 9.88 Å². The van der Waals surface area contributed by atoms with Crippen LogP contribution >= 0.6 is 11.8 Å². The number of thioether (sulfide) groups is 1. The van der Waals surface area contributed by atoms with Gasteiger partial charge in [-0.25, -0.2) is 4.98 Å². The second-order valence-electron chi connectivity index (χ2n) is 5.08. The van der Waals surface area contributed by atoms with Gasteiger partial charge in [-0.15, -0.1) is 0 Å². The summed E-state index contributed by atoms with van der Waals surface area (Å²) in [5.74, 6) is 0.797. The quantitative estimate of drug-likeness (QED) is 0.839. The SMILES string of the molecule is CCC(CC)(CNc1ccc(C(=O)N(C)C)cn1)SC. The maximum atomic E-state index is 11.8. The number of nitrogens with zero attached hydrogens (tertiary/aromatic N) is 2. The van der Waals surface area contributed by atoms with E-state index >= 15 is 0 Å². The molecule has 1 amide bonds. The molecule has 0 aliphatic heterocycles. The summed E-state index contributed by atoms with van der Waals surface area (Å²) in [7, 11) is 3.48. The number of hydrogen-bond acceptors (Lipinski definition) is 4. The van der Waals surface area contributed by atoms with Gasteiger partial charge in [0, 0.05) is 31.6 Å². The normalized spacial score (nSPS) is 11.2. The van der Waals surface area contributed by atoms with Crippen LogP contribution in [0.1, 0.15) is 37.0 Å². The lowest BCUT2D eigenvalue weighted by atomic mass is 10.0. The predicted molar refractivity (Wildman–Crippen MR) is 87.6 cm³/mol. The van der Waals surface area contributed by atoms with Crippen LogP contribution in [0.25, 0.3) is 0 Å². The van der Waals surface area contributed by atoms with Gasteiger partial charge in [-0.2, -0.15) is 11.8 Å². The Morgan fingerprint density at radius 3 is 2.40 bits per heavy atom. The minimum atomic E-state index is -0.0235. The molecule has 1 heterocycles. The molecule has 0 radical (unpaired) electrons. The number of amides is 1. The monoisotopic (exact) mass is 295 g/mol. The molecule has 5 heteroatoms. The summed E-state index contributed by atoms with van der Waals surface area (Å²) in [6.45, 7) is 5.32. The number of rotatable bonds is 7. The molecule has 0 spiro atoms. The Morgan fingerprint density at radius 2 is 2.00 bits per heavy atom. The highest BCUT2D eigenvalue weighted by molar-refractivity contribution is 8.00. The van der Waals surface area contributed by atoms with Crippen molar-refractivity contribution >= 4 is 23.5 Å². The highest BCUT2D eigenvalue weighted by Crippen LogP contribution is 2.30. The first-order valence-corrected chi connectivity index (χ1v) is 8.17. The number of hydrogen-bond donors (Lipinski definition) is 1. The number of carbonyl (C=O) groups is 1. The van der Waals surface area contributed by atoms with E-state index in [1.807, 2.05) is 23.9 Å². The molecule has 0 fully saturated rings. The Hall–Kier alpha value is -1.23. The van der Waals surface area contributed by atoms with Crippen LogP contribution in [0.4, 0.5) is 5.82 Å². The predicted octanol–water partition coefficient (Wildman–Crippen LogP) is 3.12. The van der Waals surface area contributed by atoms with Crippen molar-refractivity contribution in [3.8, 4) is 0 Å². The van der Waals surface area contributed by atoms with Crippen LogP contribution in [-0.4, -0.2) is 47.4 Å². The molecule has 1 N–H and O–H groups in total. The van der Waals surface area contributed by atoms with Crippen molar-refractivity contribution in [3.63, 3.8) is 0 Å². The third kappa shape index (κ3) is 4.13. The third-order valence-electron chi connectivity index (χ3n) is 3.73. The lowest BCUT2D eigenvalue weighted by Crippen LogP contribution is -2.32. The van der Waals surface area contributed by atoms with Gasteiger partial charge in [-0.05, 0) is 31.2 Å². The Bertz CT molecular complexity index is 419. The average Bonchev–Trinajstić information content (AvgIpc) is 2.49. The van der Waals surface area contributed by atoms with Gasteiger partial charge in [0.2, 0.25) is 0 Å². The van der Waals surface area contributed by atoms with Gasteiger partial charge < -0.3 is 10.2 Å². The lowest BCUT2D eigenvalue weighted by molar-refractivity contribution is 0.0827. The van der Waals surface area contributed by atoms with E-state index in [1.54, 1.807) is 25.2 Å². The lowest BCUT2D eigenvalue weighted by Gasteiger charge is -2.30. The van der Waals surface area contributed by atoms with Crippen molar-refractivity contribution in [2.24, 2.45) is 0 Å². The maximum absolute atomic E-state index is 11.8. The Labute approximate surface area is 126 Å². The molecular formula is C15H25N3OS. The fourth-order valence-corrected chi connectivity index (χ4v) is 2.79. The Kier molecular flexibility index (Phi) is 6.33. The highest BCUT2D eigenvalue weighted by atomic mass is 32.2. The Morgan fingerprint density at radius 1 is 1.35 bits per heavy atom. The molecular weight excluding hydrogens is 270 g/mol. The number of aromatic nitrogens is 1. The van der Waals surface area contributed by atoms with Crippen molar-refractivity contribution < 1.29 is 4.79 Å². The molecule has 4 nitrogen and oxygen atoms in total. The third-order valence-corrected chi connectivity index (χ3v) is 5.32. The zero-order valence-electron chi connectivity index (χ0n) is 13.1. The summed E-state index contributed by atoms with van der Waals surface area (Å²) in [5, 5.41) is 3.38. The van der Waals surface area contributed by atoms with E-state index in [0.717, 1.165) is 25.2 Å². The molecule has 0 unspecified atom stereocenters. The summed E-state index contributed by atoms with van der Waals surface area (Å²) in [6, 6.07) is 3.68. The summed E-state index contributed by atoms with van der Waals surface area (Å²) >= 11 is 1.90. The van der Waals surface area contributed by atoms with Crippen LogP contribution in [0, 0.1) is 0 Å². The number of anilines is 1. The van der Waals surface area contributed by atoms with Crippen molar-refractivity contribution in [2.75, 3.05) is 32.2 Å². The minimum Gasteiger partial charge on any atom is -0.369 e. The summed E-state index contributed by atoms with van der Waals surface area (Å²) < 4.78 is 0.250. The van der Waals surface area contributed by atoms with Crippen LogP contribution in [0.2, 0.25) is 0 Å². The van der Waals surface area contributed by atoms with E-state index in [1.165, 1.54) is 0 Å². The van der Waals surface area contributed by atoms with Crippen LogP contribution in [0.15, 0.2) is 18.3 Å². The molecule has 112 valence electrons. The van der Waals surface area contributed by atoms with Gasteiger partial charge >= 0.3 is 0 Å². The topological polar surface area (TPSA) is 45.2 Å². The molecule has 20 heavy (non-hydrogen) atoms. The van der Waals surface area contributed by atoms with Gasteiger partial charge in [0.1, 0.15) is 5.82 Å². The van der Waals surface area contributed by atoms with E-state index in [4.69, 9.17) is 0 Å². The molecule has 0 aromatic carbocycles. The van der Waals surface area contributed by atoms with Crippen molar-refractivity contribution in [2.45, 2.75) is 31.4 Å². The zero-order valence-corrected chi connectivity index (χ0v) is 13.9. The summed E-state index contributed by atoms with van der Waals surface area (Å²) in [6.07, 6.45) is 6.02. The van der Waals surface area contributed by atoms with Crippen LogP contribution in [0.3, 0.4) is 0 Å². The van der Waals surface area contributed by atoms with Gasteiger partial charge in [-0.3, -0.25) is 4.79 Å². The standard InChI is InChI=1S/C15H25N3OS/c1-6-15(7-2,20-5)11-17-13-9-8-12(10-16-13)14(19)18(3)4/h8-10H,6-7,11H2,1-5H3,(H,16,17). The second kappa shape index (κ2) is 7.53. The number of pyridine rings is 1. The van der Waals surface area contributed by atoms with Crippen molar-refractivity contribution in [3.05, 3.63) is 23.9 Å². The molecule has 0 aliphatic rings. The smallest absolute Gasteiger partial charge is 0.254 e. The molecule has 0 saturated heterocycles. The minimum absolute atomic E-state index is 0.0235. The number of nitrogens with one attached hydrogen (secondary N) is 1.